The van der Waals surface area contributed by atoms with Gasteiger partial charge in [0.2, 0.25) is 0 Å². The average molecular weight is 208 g/mol. The van der Waals surface area contributed by atoms with E-state index in [1.165, 1.54) is 12.1 Å². The number of nitro benzene ring substituents is 1. The average Bonchev–Trinajstić information content (AvgIpc) is 2.19. The van der Waals surface area contributed by atoms with Crippen LogP contribution in [-0.2, 0) is 6.42 Å². The zero-order valence-electron chi connectivity index (χ0n) is 7.33. The molecule has 0 N–H and O–H groups in total. The number of nitrogens with zero attached hydrogens (tertiary/aromatic N) is 4. The van der Waals surface area contributed by atoms with Crippen molar-refractivity contribution in [1.82, 2.24) is 0 Å². The van der Waals surface area contributed by atoms with Crippen LogP contribution in [0.1, 0.15) is 13.0 Å². The van der Waals surface area contributed by atoms with E-state index >= 15 is 0 Å². The predicted molar refractivity (Wildman–Crippen MR) is 57.5 cm³/mol. The van der Waals surface area contributed by atoms with Gasteiger partial charge in [-0.05, 0) is 17.5 Å². The van der Waals surface area contributed by atoms with Gasteiger partial charge >= 0.3 is 0 Å². The molecule has 0 saturated carbocycles. The zero-order chi connectivity index (χ0) is 10.4. The first kappa shape index (κ1) is 12.9. The van der Waals surface area contributed by atoms with Crippen LogP contribution in [0.25, 0.3) is 10.4 Å². The number of rotatable bonds is 4. The molecular formula is C9H12N4O2. The SMILES string of the molecule is C.[N-]=[N+]=NCCc1cccc([N+](=O)[O-])c1. The van der Waals surface area contributed by atoms with Gasteiger partial charge in [0.1, 0.15) is 0 Å². The zero-order valence-corrected chi connectivity index (χ0v) is 7.33. The maximum absolute atomic E-state index is 10.4. The van der Waals surface area contributed by atoms with Gasteiger partial charge in [-0.1, -0.05) is 24.7 Å². The molecule has 0 heterocycles. The highest BCUT2D eigenvalue weighted by Gasteiger charge is 2.04. The molecule has 0 saturated heterocycles. The fourth-order valence-corrected chi connectivity index (χ4v) is 1.05. The molecule has 6 nitrogen and oxygen atoms in total. The first-order valence-corrected chi connectivity index (χ1v) is 3.98. The van der Waals surface area contributed by atoms with E-state index in [1.807, 2.05) is 0 Å². The monoisotopic (exact) mass is 208 g/mol. The molecule has 0 aliphatic carbocycles. The van der Waals surface area contributed by atoms with Crippen molar-refractivity contribution in [2.75, 3.05) is 6.54 Å². The highest BCUT2D eigenvalue weighted by atomic mass is 16.6. The molecule has 0 aliphatic heterocycles. The summed E-state index contributed by atoms with van der Waals surface area (Å²) in [5, 5.41) is 13.8. The lowest BCUT2D eigenvalue weighted by Gasteiger charge is -1.96. The highest BCUT2D eigenvalue weighted by Crippen LogP contribution is 2.13. The van der Waals surface area contributed by atoms with Crippen LogP contribution in [0.5, 0.6) is 0 Å². The summed E-state index contributed by atoms with van der Waals surface area (Å²) in [5.41, 5.74) is 8.89. The topological polar surface area (TPSA) is 91.9 Å². The number of hydrogen-bond donors (Lipinski definition) is 0. The number of nitro groups is 1. The number of hydrogen-bond acceptors (Lipinski definition) is 3. The van der Waals surface area contributed by atoms with E-state index in [0.29, 0.717) is 13.0 Å². The van der Waals surface area contributed by atoms with Crippen molar-refractivity contribution >= 4 is 5.69 Å². The third-order valence-corrected chi connectivity index (χ3v) is 1.69. The van der Waals surface area contributed by atoms with E-state index < -0.39 is 4.92 Å². The largest absolute Gasteiger partial charge is 0.269 e. The van der Waals surface area contributed by atoms with Crippen LogP contribution < -0.4 is 0 Å². The Morgan fingerprint density at radius 3 is 2.87 bits per heavy atom. The summed E-state index contributed by atoms with van der Waals surface area (Å²) >= 11 is 0. The van der Waals surface area contributed by atoms with Crippen molar-refractivity contribution in [1.29, 1.82) is 0 Å². The molecule has 0 bridgehead atoms. The molecule has 0 radical (unpaired) electrons. The van der Waals surface area contributed by atoms with Gasteiger partial charge in [0.25, 0.3) is 5.69 Å². The Hall–Kier alpha value is -2.07. The lowest BCUT2D eigenvalue weighted by molar-refractivity contribution is -0.384. The summed E-state index contributed by atoms with van der Waals surface area (Å²) < 4.78 is 0. The molecule has 0 unspecified atom stereocenters. The van der Waals surface area contributed by atoms with Gasteiger partial charge in [-0.2, -0.15) is 0 Å². The molecule has 0 spiro atoms. The molecule has 1 aromatic rings. The Kier molecular flexibility index (Phi) is 5.51. The molecule has 1 rings (SSSR count). The van der Waals surface area contributed by atoms with Gasteiger partial charge < -0.3 is 0 Å². The Balaban J connectivity index is 0.00000196. The van der Waals surface area contributed by atoms with E-state index in [0.717, 1.165) is 5.56 Å². The molecule has 0 amide bonds. The normalized spacial score (nSPS) is 8.53. The predicted octanol–water partition coefficient (Wildman–Crippen LogP) is 3.08. The Morgan fingerprint density at radius 2 is 2.27 bits per heavy atom. The second-order valence-electron chi connectivity index (χ2n) is 2.63. The summed E-state index contributed by atoms with van der Waals surface area (Å²) in [7, 11) is 0. The summed E-state index contributed by atoms with van der Waals surface area (Å²) in [6.45, 7) is 0.317. The van der Waals surface area contributed by atoms with Gasteiger partial charge in [-0.3, -0.25) is 10.1 Å². The summed E-state index contributed by atoms with van der Waals surface area (Å²) in [6.07, 6.45) is 0.520. The Labute approximate surface area is 87.3 Å². The smallest absolute Gasteiger partial charge is 0.258 e. The molecular weight excluding hydrogens is 196 g/mol. The van der Waals surface area contributed by atoms with E-state index in [1.54, 1.807) is 12.1 Å². The quantitative estimate of drug-likeness (QED) is 0.250. The molecule has 0 aromatic heterocycles. The second-order valence-corrected chi connectivity index (χ2v) is 2.63. The van der Waals surface area contributed by atoms with E-state index in [9.17, 15) is 10.1 Å². The van der Waals surface area contributed by atoms with Crippen molar-refractivity contribution in [2.24, 2.45) is 5.11 Å². The van der Waals surface area contributed by atoms with Gasteiger partial charge in [0, 0.05) is 23.6 Å². The van der Waals surface area contributed by atoms with Gasteiger partial charge in [-0.15, -0.1) is 0 Å². The van der Waals surface area contributed by atoms with Crippen LogP contribution in [0, 0.1) is 10.1 Å². The van der Waals surface area contributed by atoms with E-state index in [-0.39, 0.29) is 13.1 Å². The highest BCUT2D eigenvalue weighted by molar-refractivity contribution is 5.34. The molecule has 1 aromatic carbocycles. The van der Waals surface area contributed by atoms with Crippen LogP contribution in [0.4, 0.5) is 5.69 Å². The molecule has 80 valence electrons. The summed E-state index contributed by atoms with van der Waals surface area (Å²) in [5.74, 6) is 0. The van der Waals surface area contributed by atoms with Crippen LogP contribution in [0.15, 0.2) is 29.4 Å². The molecule has 15 heavy (non-hydrogen) atoms. The fourth-order valence-electron chi connectivity index (χ4n) is 1.05. The molecule has 0 aliphatic rings. The Bertz CT molecular complexity index is 385. The maximum atomic E-state index is 10.4. The molecule has 6 heteroatoms. The summed E-state index contributed by atoms with van der Waals surface area (Å²) in [4.78, 5) is 12.6. The van der Waals surface area contributed by atoms with Crippen LogP contribution in [0.2, 0.25) is 0 Å². The lowest BCUT2D eigenvalue weighted by atomic mass is 10.1. The van der Waals surface area contributed by atoms with E-state index in [2.05, 4.69) is 10.0 Å². The van der Waals surface area contributed by atoms with Crippen LogP contribution in [-0.4, -0.2) is 11.5 Å². The summed E-state index contributed by atoms with van der Waals surface area (Å²) in [6, 6.07) is 6.29. The van der Waals surface area contributed by atoms with Crippen molar-refractivity contribution in [3.63, 3.8) is 0 Å². The molecule has 0 atom stereocenters. The van der Waals surface area contributed by atoms with Crippen LogP contribution >= 0.6 is 0 Å². The van der Waals surface area contributed by atoms with Crippen molar-refractivity contribution < 1.29 is 4.92 Å². The third-order valence-electron chi connectivity index (χ3n) is 1.69. The third kappa shape index (κ3) is 4.10. The van der Waals surface area contributed by atoms with E-state index in [4.69, 9.17) is 5.53 Å². The second kappa shape index (κ2) is 6.39. The number of azide groups is 1. The number of benzene rings is 1. The first-order chi connectivity index (χ1) is 6.74. The minimum Gasteiger partial charge on any atom is -0.258 e. The van der Waals surface area contributed by atoms with Crippen molar-refractivity contribution in [3.8, 4) is 0 Å². The molecule has 0 fully saturated rings. The fraction of sp³-hybridized carbons (Fsp3) is 0.333. The minimum atomic E-state index is -0.447. The van der Waals surface area contributed by atoms with Crippen LogP contribution in [0.3, 0.4) is 0 Å². The standard InChI is InChI=1S/C8H8N4O2.CH4/c9-11-10-5-4-7-2-1-3-8(6-7)12(13)14;/h1-3,6H,4-5H2;1H4. The Morgan fingerprint density at radius 1 is 1.53 bits per heavy atom. The van der Waals surface area contributed by atoms with Gasteiger partial charge in [0.15, 0.2) is 0 Å². The lowest BCUT2D eigenvalue weighted by Crippen LogP contribution is -1.92. The maximum Gasteiger partial charge on any atom is 0.269 e. The van der Waals surface area contributed by atoms with Crippen molar-refractivity contribution in [3.05, 3.63) is 50.4 Å². The first-order valence-electron chi connectivity index (χ1n) is 3.98. The van der Waals surface area contributed by atoms with Crippen molar-refractivity contribution in [2.45, 2.75) is 13.8 Å². The minimum absolute atomic E-state index is 0. The van der Waals surface area contributed by atoms with Gasteiger partial charge in [0.05, 0.1) is 4.92 Å². The van der Waals surface area contributed by atoms with Gasteiger partial charge in [-0.25, -0.2) is 0 Å². The number of non-ortho nitro benzene ring substituents is 1.